The third-order valence-electron chi connectivity index (χ3n) is 12.9. The maximum Gasteiger partial charge on any atom is 0.138 e. The SMILES string of the molecule is C=C(C)CCC[C@@H](C)[C@H]1CC[C@@]2(C)[C@@H]3CC[C@H]4C(C)(C)C(=O)CC[C@@]45C[C@@]35CC[C@]12C. The first-order valence-corrected chi connectivity index (χ1v) is 13.6. The van der Waals surface area contributed by atoms with Crippen molar-refractivity contribution in [3.8, 4) is 0 Å². The summed E-state index contributed by atoms with van der Waals surface area (Å²) in [4.78, 5) is 12.8. The fourth-order valence-corrected chi connectivity index (χ4v) is 11.0. The van der Waals surface area contributed by atoms with Crippen molar-refractivity contribution in [2.45, 2.75) is 119 Å². The number of Topliss-reactive ketones (excluding diaryl/α,β-unsaturated/α-hetero) is 1. The summed E-state index contributed by atoms with van der Waals surface area (Å²) in [6.45, 7) is 18.9. The third kappa shape index (κ3) is 2.64. The Hall–Kier alpha value is -0.590. The van der Waals surface area contributed by atoms with Crippen LogP contribution in [-0.4, -0.2) is 5.78 Å². The second-order valence-corrected chi connectivity index (χ2v) is 14.1. The van der Waals surface area contributed by atoms with Crippen molar-refractivity contribution in [3.63, 3.8) is 0 Å². The lowest BCUT2D eigenvalue weighted by Crippen LogP contribution is -2.57. The van der Waals surface area contributed by atoms with Gasteiger partial charge in [0.2, 0.25) is 0 Å². The van der Waals surface area contributed by atoms with Gasteiger partial charge in [0.25, 0.3) is 0 Å². The number of allylic oxidation sites excluding steroid dienone is 1. The lowest BCUT2D eigenvalue weighted by atomic mass is 9.42. The maximum atomic E-state index is 12.8. The first kappa shape index (κ1) is 22.2. The van der Waals surface area contributed by atoms with Gasteiger partial charge in [-0.2, -0.15) is 0 Å². The van der Waals surface area contributed by atoms with Gasteiger partial charge in [0.05, 0.1) is 0 Å². The zero-order valence-electron chi connectivity index (χ0n) is 21.4. The molecule has 5 rings (SSSR count). The van der Waals surface area contributed by atoms with Gasteiger partial charge in [-0.3, -0.25) is 4.79 Å². The normalized spacial score (nSPS) is 50.6. The Morgan fingerprint density at radius 2 is 1.65 bits per heavy atom. The molecule has 0 aliphatic heterocycles. The van der Waals surface area contributed by atoms with Gasteiger partial charge in [-0.05, 0) is 116 Å². The van der Waals surface area contributed by atoms with Gasteiger partial charge >= 0.3 is 0 Å². The Labute approximate surface area is 192 Å². The van der Waals surface area contributed by atoms with E-state index in [1.165, 1.54) is 76.2 Å². The van der Waals surface area contributed by atoms with Gasteiger partial charge in [0.1, 0.15) is 5.78 Å². The molecule has 31 heavy (non-hydrogen) atoms. The van der Waals surface area contributed by atoms with E-state index in [2.05, 4.69) is 48.1 Å². The zero-order valence-corrected chi connectivity index (χ0v) is 21.4. The van der Waals surface area contributed by atoms with E-state index in [9.17, 15) is 4.79 Å². The molecular formula is C30H48O. The first-order chi connectivity index (χ1) is 14.4. The lowest BCUT2D eigenvalue weighted by Gasteiger charge is -2.62. The highest BCUT2D eigenvalue weighted by molar-refractivity contribution is 5.86. The van der Waals surface area contributed by atoms with E-state index in [-0.39, 0.29) is 5.41 Å². The largest absolute Gasteiger partial charge is 0.299 e. The minimum Gasteiger partial charge on any atom is -0.299 e. The van der Waals surface area contributed by atoms with E-state index in [1.807, 2.05) is 0 Å². The van der Waals surface area contributed by atoms with Crippen molar-refractivity contribution in [3.05, 3.63) is 12.2 Å². The number of fused-ring (bicyclic) bond motifs is 2. The van der Waals surface area contributed by atoms with E-state index in [0.29, 0.717) is 33.4 Å². The van der Waals surface area contributed by atoms with Gasteiger partial charge in [-0.25, -0.2) is 0 Å². The fraction of sp³-hybridized carbons (Fsp3) is 0.900. The van der Waals surface area contributed by atoms with Crippen LogP contribution in [0.25, 0.3) is 0 Å². The smallest absolute Gasteiger partial charge is 0.138 e. The van der Waals surface area contributed by atoms with Crippen LogP contribution in [0, 0.1) is 50.7 Å². The average Bonchev–Trinajstić information content (AvgIpc) is 3.27. The Balaban J connectivity index is 1.40. The topological polar surface area (TPSA) is 17.1 Å². The second-order valence-electron chi connectivity index (χ2n) is 14.1. The van der Waals surface area contributed by atoms with Crippen molar-refractivity contribution >= 4 is 5.78 Å². The van der Waals surface area contributed by atoms with Gasteiger partial charge in [-0.15, -0.1) is 6.58 Å². The van der Waals surface area contributed by atoms with Crippen molar-refractivity contribution in [2.75, 3.05) is 0 Å². The molecule has 5 aliphatic rings. The Morgan fingerprint density at radius 1 is 0.968 bits per heavy atom. The number of carbonyl (C=O) groups is 1. The second kappa shape index (κ2) is 6.73. The fourth-order valence-electron chi connectivity index (χ4n) is 11.0. The molecule has 5 fully saturated rings. The average molecular weight is 425 g/mol. The predicted octanol–water partition coefficient (Wildman–Crippen LogP) is 8.38. The molecule has 0 saturated heterocycles. The summed E-state index contributed by atoms with van der Waals surface area (Å²) >= 11 is 0. The molecule has 0 aromatic rings. The van der Waals surface area contributed by atoms with E-state index >= 15 is 0 Å². The van der Waals surface area contributed by atoms with Crippen molar-refractivity contribution in [1.29, 1.82) is 0 Å². The van der Waals surface area contributed by atoms with Crippen LogP contribution in [0.5, 0.6) is 0 Å². The molecule has 5 saturated carbocycles. The molecule has 0 N–H and O–H groups in total. The molecule has 0 bridgehead atoms. The zero-order chi connectivity index (χ0) is 22.4. The molecule has 2 spiro atoms. The quantitative estimate of drug-likeness (QED) is 0.405. The summed E-state index contributed by atoms with van der Waals surface area (Å²) in [5, 5.41) is 0. The Morgan fingerprint density at radius 3 is 2.35 bits per heavy atom. The molecular weight excluding hydrogens is 376 g/mol. The standard InChI is InChI=1S/C30H48O/c1-20(2)9-8-10-21(3)22-13-15-28(7)24-12-11-23-26(4,5)25(31)14-16-29(23)19-30(24,29)18-17-27(22,28)6/h21-24H,1,8-19H2,2-7H3/t21-,22-,23+,24+,27-,28+,29-,30+/m1/s1. The minimum absolute atomic E-state index is 0.0790. The van der Waals surface area contributed by atoms with E-state index in [0.717, 1.165) is 24.2 Å². The van der Waals surface area contributed by atoms with E-state index in [4.69, 9.17) is 0 Å². The van der Waals surface area contributed by atoms with Crippen LogP contribution in [0.15, 0.2) is 12.2 Å². The number of ketones is 1. The van der Waals surface area contributed by atoms with Crippen LogP contribution in [0.4, 0.5) is 0 Å². The monoisotopic (exact) mass is 424 g/mol. The van der Waals surface area contributed by atoms with Gasteiger partial charge in [0, 0.05) is 11.8 Å². The molecule has 174 valence electrons. The summed E-state index contributed by atoms with van der Waals surface area (Å²) in [5.74, 6) is 3.86. The molecule has 0 aromatic carbocycles. The molecule has 1 heteroatoms. The van der Waals surface area contributed by atoms with Crippen molar-refractivity contribution in [1.82, 2.24) is 0 Å². The highest BCUT2D eigenvalue weighted by atomic mass is 16.1. The number of rotatable bonds is 5. The van der Waals surface area contributed by atoms with Crippen molar-refractivity contribution < 1.29 is 4.79 Å². The summed E-state index contributed by atoms with van der Waals surface area (Å²) < 4.78 is 0. The molecule has 5 aliphatic carbocycles. The van der Waals surface area contributed by atoms with Crippen LogP contribution >= 0.6 is 0 Å². The van der Waals surface area contributed by atoms with Crippen LogP contribution in [0.3, 0.4) is 0 Å². The number of carbonyl (C=O) groups excluding carboxylic acids is 1. The summed E-state index contributed by atoms with van der Waals surface area (Å²) in [5.41, 5.74) is 3.40. The van der Waals surface area contributed by atoms with Gasteiger partial charge < -0.3 is 0 Å². The number of hydrogen-bond acceptors (Lipinski definition) is 1. The third-order valence-corrected chi connectivity index (χ3v) is 12.9. The van der Waals surface area contributed by atoms with Gasteiger partial charge in [-0.1, -0.05) is 46.6 Å². The maximum absolute atomic E-state index is 12.8. The molecule has 1 nitrogen and oxygen atoms in total. The lowest BCUT2D eigenvalue weighted by molar-refractivity contribution is -0.157. The predicted molar refractivity (Wildman–Crippen MR) is 130 cm³/mol. The minimum atomic E-state index is -0.0790. The summed E-state index contributed by atoms with van der Waals surface area (Å²) in [6.07, 6.45) is 15.9. The number of hydrogen-bond donors (Lipinski definition) is 0. The summed E-state index contributed by atoms with van der Waals surface area (Å²) in [6, 6.07) is 0. The molecule has 0 heterocycles. The first-order valence-electron chi connectivity index (χ1n) is 13.6. The van der Waals surface area contributed by atoms with E-state index < -0.39 is 0 Å². The van der Waals surface area contributed by atoms with E-state index in [1.54, 1.807) is 0 Å². The molecule has 0 aromatic heterocycles. The molecule has 0 radical (unpaired) electrons. The van der Waals surface area contributed by atoms with Gasteiger partial charge in [0.15, 0.2) is 0 Å². The Bertz CT molecular complexity index is 792. The molecule has 0 amide bonds. The highest BCUT2D eigenvalue weighted by Crippen LogP contribution is 2.88. The van der Waals surface area contributed by atoms with Crippen LogP contribution in [-0.2, 0) is 4.79 Å². The van der Waals surface area contributed by atoms with Crippen molar-refractivity contribution in [2.24, 2.45) is 50.7 Å². The molecule has 0 unspecified atom stereocenters. The van der Waals surface area contributed by atoms with Crippen LogP contribution in [0.2, 0.25) is 0 Å². The van der Waals surface area contributed by atoms with Crippen LogP contribution in [0.1, 0.15) is 119 Å². The summed E-state index contributed by atoms with van der Waals surface area (Å²) in [7, 11) is 0. The van der Waals surface area contributed by atoms with Crippen LogP contribution < -0.4 is 0 Å². The Kier molecular flexibility index (Phi) is 4.82. The molecule has 8 atom stereocenters. The highest BCUT2D eigenvalue weighted by Gasteiger charge is 2.82.